The van der Waals surface area contributed by atoms with Gasteiger partial charge in [-0.25, -0.2) is 0 Å². The fraction of sp³-hybridized carbons (Fsp3) is 0.727. The van der Waals surface area contributed by atoms with Gasteiger partial charge in [0.1, 0.15) is 6.61 Å². The van der Waals surface area contributed by atoms with Gasteiger partial charge in [-0.05, 0) is 27.2 Å². The number of allylic oxidation sites excluding steroid dienone is 1. The second kappa shape index (κ2) is 5.79. The highest BCUT2D eigenvalue weighted by molar-refractivity contribution is 5.75. The Morgan fingerprint density at radius 2 is 1.92 bits per heavy atom. The molecule has 2 heteroatoms. The monoisotopic (exact) mass is 184 g/mol. The Hall–Kier alpha value is -0.790. The van der Waals surface area contributed by atoms with Gasteiger partial charge in [0, 0.05) is 0 Å². The van der Waals surface area contributed by atoms with Gasteiger partial charge in [0.05, 0.1) is 5.41 Å². The lowest BCUT2D eigenvalue weighted by atomic mass is 9.97. The molecule has 0 aliphatic rings. The largest absolute Gasteiger partial charge is 0.461 e. The van der Waals surface area contributed by atoms with Gasteiger partial charge in [0.25, 0.3) is 0 Å². The molecule has 0 aliphatic heterocycles. The molecule has 0 saturated heterocycles. The highest BCUT2D eigenvalue weighted by Crippen LogP contribution is 2.14. The van der Waals surface area contributed by atoms with E-state index in [1.807, 2.05) is 32.9 Å². The van der Waals surface area contributed by atoms with Crippen LogP contribution in [0.2, 0.25) is 0 Å². The average Bonchev–Trinajstić information content (AvgIpc) is 2.02. The number of hydrogen-bond donors (Lipinski definition) is 0. The third-order valence-electron chi connectivity index (χ3n) is 1.55. The van der Waals surface area contributed by atoms with Crippen LogP contribution in [0.4, 0.5) is 0 Å². The summed E-state index contributed by atoms with van der Waals surface area (Å²) in [5.41, 5.74) is -0.390. The first kappa shape index (κ1) is 12.2. The van der Waals surface area contributed by atoms with E-state index < -0.39 is 5.41 Å². The summed E-state index contributed by atoms with van der Waals surface area (Å²) >= 11 is 0. The Labute approximate surface area is 81.0 Å². The van der Waals surface area contributed by atoms with E-state index >= 15 is 0 Å². The third kappa shape index (κ3) is 6.38. The second-order valence-corrected chi connectivity index (χ2v) is 4.11. The summed E-state index contributed by atoms with van der Waals surface area (Å²) in [4.78, 5) is 11.2. The minimum absolute atomic E-state index is 0.145. The lowest BCUT2D eigenvalue weighted by molar-refractivity contribution is -0.151. The van der Waals surface area contributed by atoms with E-state index in [0.717, 1.165) is 12.8 Å². The number of unbranched alkanes of at least 4 members (excludes halogenated alkanes) is 1. The first-order chi connectivity index (χ1) is 5.98. The van der Waals surface area contributed by atoms with E-state index in [1.54, 1.807) is 0 Å². The van der Waals surface area contributed by atoms with Crippen molar-refractivity contribution in [3.8, 4) is 0 Å². The molecule has 0 fully saturated rings. The van der Waals surface area contributed by atoms with Crippen LogP contribution in [0.5, 0.6) is 0 Å². The predicted molar refractivity (Wildman–Crippen MR) is 54.5 cm³/mol. The minimum Gasteiger partial charge on any atom is -0.461 e. The molecule has 0 aromatic carbocycles. The van der Waals surface area contributed by atoms with Gasteiger partial charge in [-0.15, -0.1) is 0 Å². The van der Waals surface area contributed by atoms with Crippen molar-refractivity contribution in [1.82, 2.24) is 0 Å². The molecule has 0 amide bonds. The Morgan fingerprint density at radius 1 is 1.31 bits per heavy atom. The van der Waals surface area contributed by atoms with Crippen molar-refractivity contribution < 1.29 is 9.53 Å². The van der Waals surface area contributed by atoms with E-state index in [1.165, 1.54) is 0 Å². The first-order valence-electron chi connectivity index (χ1n) is 4.80. The molecule has 0 heterocycles. The van der Waals surface area contributed by atoms with E-state index in [2.05, 4.69) is 6.92 Å². The van der Waals surface area contributed by atoms with E-state index in [0.29, 0.717) is 6.61 Å². The Bertz CT molecular complexity index is 175. The molecule has 0 aromatic heterocycles. The summed E-state index contributed by atoms with van der Waals surface area (Å²) in [5.74, 6) is -0.145. The molecule has 0 spiro atoms. The molecule has 0 radical (unpaired) electrons. The van der Waals surface area contributed by atoms with Crippen LogP contribution in [0.3, 0.4) is 0 Å². The SMILES string of the molecule is CCC/C=C\COC(=O)C(C)(C)C. The Balaban J connectivity index is 3.60. The zero-order valence-corrected chi connectivity index (χ0v) is 9.09. The fourth-order valence-electron chi connectivity index (χ4n) is 0.693. The normalized spacial score (nSPS) is 12.0. The smallest absolute Gasteiger partial charge is 0.311 e. The minimum atomic E-state index is -0.390. The van der Waals surface area contributed by atoms with Gasteiger partial charge in [-0.1, -0.05) is 25.5 Å². The topological polar surface area (TPSA) is 26.3 Å². The molecular weight excluding hydrogens is 164 g/mol. The number of carbonyl (C=O) groups is 1. The van der Waals surface area contributed by atoms with Crippen molar-refractivity contribution in [1.29, 1.82) is 0 Å². The molecular formula is C11H20O2. The van der Waals surface area contributed by atoms with E-state index in [4.69, 9.17) is 4.74 Å². The number of ether oxygens (including phenoxy) is 1. The maximum atomic E-state index is 11.2. The van der Waals surface area contributed by atoms with Gasteiger partial charge < -0.3 is 4.74 Å². The molecule has 2 nitrogen and oxygen atoms in total. The zero-order valence-electron chi connectivity index (χ0n) is 9.09. The predicted octanol–water partition coefficient (Wildman–Crippen LogP) is 2.93. The van der Waals surface area contributed by atoms with E-state index in [-0.39, 0.29) is 5.97 Å². The number of hydrogen-bond acceptors (Lipinski definition) is 2. The number of rotatable bonds is 4. The van der Waals surface area contributed by atoms with Crippen LogP contribution >= 0.6 is 0 Å². The van der Waals surface area contributed by atoms with Gasteiger partial charge in [-0.2, -0.15) is 0 Å². The van der Waals surface area contributed by atoms with Crippen molar-refractivity contribution in [2.75, 3.05) is 6.61 Å². The van der Waals surface area contributed by atoms with Gasteiger partial charge in [0.2, 0.25) is 0 Å². The van der Waals surface area contributed by atoms with Crippen LogP contribution in [0.1, 0.15) is 40.5 Å². The van der Waals surface area contributed by atoms with Crippen molar-refractivity contribution in [3.05, 3.63) is 12.2 Å². The van der Waals surface area contributed by atoms with Gasteiger partial charge in [-0.3, -0.25) is 4.79 Å². The lowest BCUT2D eigenvalue weighted by Gasteiger charge is -2.15. The van der Waals surface area contributed by atoms with Crippen LogP contribution in [-0.4, -0.2) is 12.6 Å². The van der Waals surface area contributed by atoms with Gasteiger partial charge >= 0.3 is 5.97 Å². The van der Waals surface area contributed by atoms with Crippen LogP contribution in [-0.2, 0) is 9.53 Å². The summed E-state index contributed by atoms with van der Waals surface area (Å²) in [6, 6.07) is 0. The van der Waals surface area contributed by atoms with Crippen molar-refractivity contribution in [2.45, 2.75) is 40.5 Å². The van der Waals surface area contributed by atoms with Crippen LogP contribution < -0.4 is 0 Å². The average molecular weight is 184 g/mol. The first-order valence-corrected chi connectivity index (χ1v) is 4.80. The molecule has 0 N–H and O–H groups in total. The second-order valence-electron chi connectivity index (χ2n) is 4.11. The maximum absolute atomic E-state index is 11.2. The lowest BCUT2D eigenvalue weighted by Crippen LogP contribution is -2.22. The quantitative estimate of drug-likeness (QED) is 0.496. The zero-order chi connectivity index (χ0) is 10.3. The summed E-state index contributed by atoms with van der Waals surface area (Å²) in [6.45, 7) is 8.07. The molecule has 0 rings (SSSR count). The summed E-state index contributed by atoms with van der Waals surface area (Å²) < 4.78 is 5.03. The van der Waals surface area contributed by atoms with Crippen LogP contribution in [0.15, 0.2) is 12.2 Å². The van der Waals surface area contributed by atoms with Crippen LogP contribution in [0.25, 0.3) is 0 Å². The van der Waals surface area contributed by atoms with Gasteiger partial charge in [0.15, 0.2) is 0 Å². The molecule has 0 aromatic rings. The highest BCUT2D eigenvalue weighted by Gasteiger charge is 2.22. The Kier molecular flexibility index (Phi) is 5.44. The summed E-state index contributed by atoms with van der Waals surface area (Å²) in [6.07, 6.45) is 6.11. The number of esters is 1. The molecule has 0 atom stereocenters. The maximum Gasteiger partial charge on any atom is 0.311 e. The molecule has 0 unspecified atom stereocenters. The standard InChI is InChI=1S/C11H20O2/c1-5-6-7-8-9-13-10(12)11(2,3)4/h7-8H,5-6,9H2,1-4H3/b8-7-. The van der Waals surface area contributed by atoms with Crippen molar-refractivity contribution >= 4 is 5.97 Å². The summed E-state index contributed by atoms with van der Waals surface area (Å²) in [5, 5.41) is 0. The number of carbonyl (C=O) groups excluding carboxylic acids is 1. The Morgan fingerprint density at radius 3 is 2.38 bits per heavy atom. The van der Waals surface area contributed by atoms with E-state index in [9.17, 15) is 4.79 Å². The van der Waals surface area contributed by atoms with Crippen molar-refractivity contribution in [3.63, 3.8) is 0 Å². The molecule has 0 bridgehead atoms. The van der Waals surface area contributed by atoms with Crippen LogP contribution in [0, 0.1) is 5.41 Å². The van der Waals surface area contributed by atoms with Crippen molar-refractivity contribution in [2.24, 2.45) is 5.41 Å². The highest BCUT2D eigenvalue weighted by atomic mass is 16.5. The fourth-order valence-corrected chi connectivity index (χ4v) is 0.693. The molecule has 0 aliphatic carbocycles. The molecule has 76 valence electrons. The third-order valence-corrected chi connectivity index (χ3v) is 1.55. The molecule has 13 heavy (non-hydrogen) atoms. The molecule has 0 saturated carbocycles. The summed E-state index contributed by atoms with van der Waals surface area (Å²) in [7, 11) is 0.